The van der Waals surface area contributed by atoms with E-state index in [1.54, 1.807) is 18.2 Å². The van der Waals surface area contributed by atoms with Gasteiger partial charge in [0.15, 0.2) is 0 Å². The number of nitrogens with one attached hydrogen (secondary N) is 2. The van der Waals surface area contributed by atoms with Gasteiger partial charge in [-0.15, -0.1) is 12.4 Å². The molecule has 0 aliphatic carbocycles. The van der Waals surface area contributed by atoms with Gasteiger partial charge in [-0.3, -0.25) is 4.79 Å². The minimum Gasteiger partial charge on any atom is -0.325 e. The molecule has 0 saturated carbocycles. The highest BCUT2D eigenvalue weighted by Crippen LogP contribution is 2.25. The van der Waals surface area contributed by atoms with Gasteiger partial charge in [-0.05, 0) is 38.2 Å². The van der Waals surface area contributed by atoms with Crippen LogP contribution in [0.1, 0.15) is 12.8 Å². The molecule has 1 fully saturated rings. The molecular weight excluding hydrogens is 333 g/mol. The van der Waals surface area contributed by atoms with Gasteiger partial charge >= 0.3 is 0 Å². The van der Waals surface area contributed by atoms with Crippen LogP contribution in [-0.4, -0.2) is 43.5 Å². The molecule has 1 aliphatic heterocycles. The van der Waals surface area contributed by atoms with Gasteiger partial charge in [0.1, 0.15) is 0 Å². The van der Waals surface area contributed by atoms with Crippen molar-refractivity contribution in [1.29, 1.82) is 0 Å². The standard InChI is InChI=1S/C14H19Cl2N3O.ClH/c1-17-11-4-6-19(9-11)7-5-14(20)18-13-8-10(15)2-3-12(13)16;/h2-3,8,11,17H,4-7,9H2,1H3,(H,18,20);1H. The summed E-state index contributed by atoms with van der Waals surface area (Å²) >= 11 is 11.9. The lowest BCUT2D eigenvalue weighted by Gasteiger charge is -2.15. The number of carbonyl (C=O) groups excluding carboxylic acids is 1. The Hall–Kier alpha value is -0.520. The molecule has 1 aromatic rings. The molecule has 1 aliphatic rings. The van der Waals surface area contributed by atoms with Gasteiger partial charge in [-0.1, -0.05) is 23.2 Å². The lowest BCUT2D eigenvalue weighted by molar-refractivity contribution is -0.116. The summed E-state index contributed by atoms with van der Waals surface area (Å²) in [6, 6.07) is 5.58. The van der Waals surface area contributed by atoms with Crippen molar-refractivity contribution in [1.82, 2.24) is 10.2 Å². The highest BCUT2D eigenvalue weighted by atomic mass is 35.5. The molecule has 1 unspecified atom stereocenters. The number of hydrogen-bond donors (Lipinski definition) is 2. The predicted octanol–water partition coefficient (Wildman–Crippen LogP) is 3.04. The maximum Gasteiger partial charge on any atom is 0.225 e. The number of likely N-dealkylation sites (tertiary alicyclic amines) is 1. The molecule has 7 heteroatoms. The SMILES string of the molecule is CNC1CCN(CCC(=O)Nc2cc(Cl)ccc2Cl)C1.Cl. The normalized spacial score (nSPS) is 18.3. The molecule has 2 N–H and O–H groups in total. The van der Waals surface area contributed by atoms with Crippen LogP contribution in [0, 0.1) is 0 Å². The van der Waals surface area contributed by atoms with E-state index in [-0.39, 0.29) is 18.3 Å². The van der Waals surface area contributed by atoms with Crippen molar-refractivity contribution in [2.75, 3.05) is 32.0 Å². The van der Waals surface area contributed by atoms with E-state index in [1.807, 2.05) is 7.05 Å². The zero-order valence-corrected chi connectivity index (χ0v) is 14.2. The summed E-state index contributed by atoms with van der Waals surface area (Å²) in [7, 11) is 1.97. The Morgan fingerprint density at radius 3 is 2.86 bits per heavy atom. The molecule has 1 saturated heterocycles. The highest BCUT2D eigenvalue weighted by molar-refractivity contribution is 6.35. The number of rotatable bonds is 5. The minimum absolute atomic E-state index is 0. The summed E-state index contributed by atoms with van der Waals surface area (Å²) in [5, 5.41) is 7.12. The van der Waals surface area contributed by atoms with Gasteiger partial charge in [0.05, 0.1) is 10.7 Å². The van der Waals surface area contributed by atoms with Crippen molar-refractivity contribution in [3.63, 3.8) is 0 Å². The van der Waals surface area contributed by atoms with Gasteiger partial charge in [0.25, 0.3) is 0 Å². The van der Waals surface area contributed by atoms with Crippen molar-refractivity contribution < 1.29 is 4.79 Å². The Labute approximate surface area is 141 Å². The van der Waals surface area contributed by atoms with Crippen molar-refractivity contribution >= 4 is 47.2 Å². The first-order chi connectivity index (χ1) is 9.58. The fraction of sp³-hybridized carbons (Fsp3) is 0.500. The summed E-state index contributed by atoms with van der Waals surface area (Å²) in [5.41, 5.74) is 0.568. The Bertz CT molecular complexity index is 485. The third-order valence-corrected chi connectivity index (χ3v) is 4.10. The Morgan fingerprint density at radius 1 is 1.43 bits per heavy atom. The number of likely N-dealkylation sites (N-methyl/N-ethyl adjacent to an activating group) is 1. The van der Waals surface area contributed by atoms with Gasteiger partial charge in [-0.2, -0.15) is 0 Å². The van der Waals surface area contributed by atoms with Gasteiger partial charge in [0.2, 0.25) is 5.91 Å². The largest absolute Gasteiger partial charge is 0.325 e. The van der Waals surface area contributed by atoms with Crippen molar-refractivity contribution in [2.45, 2.75) is 18.9 Å². The molecule has 0 radical (unpaired) electrons. The molecule has 4 nitrogen and oxygen atoms in total. The van der Waals surface area contributed by atoms with Crippen molar-refractivity contribution in [2.24, 2.45) is 0 Å². The third-order valence-electron chi connectivity index (χ3n) is 3.54. The van der Waals surface area contributed by atoms with Crippen LogP contribution in [0.25, 0.3) is 0 Å². The smallest absolute Gasteiger partial charge is 0.225 e. The zero-order valence-electron chi connectivity index (χ0n) is 11.9. The summed E-state index contributed by atoms with van der Waals surface area (Å²) in [6.45, 7) is 2.81. The van der Waals surface area contributed by atoms with Crippen LogP contribution in [0.15, 0.2) is 18.2 Å². The predicted molar refractivity (Wildman–Crippen MR) is 90.9 cm³/mol. The molecule has 0 aromatic heterocycles. The third kappa shape index (κ3) is 5.64. The second kappa shape index (κ2) is 8.81. The van der Waals surface area contributed by atoms with E-state index >= 15 is 0 Å². The van der Waals surface area contributed by atoms with Crippen LogP contribution in [0.4, 0.5) is 5.69 Å². The van der Waals surface area contributed by atoms with Crippen molar-refractivity contribution in [3.05, 3.63) is 28.2 Å². The Morgan fingerprint density at radius 2 is 2.19 bits per heavy atom. The van der Waals surface area contributed by atoms with Crippen LogP contribution < -0.4 is 10.6 Å². The van der Waals surface area contributed by atoms with Crippen LogP contribution in [0.5, 0.6) is 0 Å². The number of halogens is 3. The maximum atomic E-state index is 11.9. The fourth-order valence-electron chi connectivity index (χ4n) is 2.34. The highest BCUT2D eigenvalue weighted by Gasteiger charge is 2.21. The Kier molecular flexibility index (Phi) is 7.77. The number of nitrogens with zero attached hydrogens (tertiary/aromatic N) is 1. The van der Waals surface area contributed by atoms with E-state index in [4.69, 9.17) is 23.2 Å². The van der Waals surface area contributed by atoms with Gasteiger partial charge in [0, 0.05) is 30.6 Å². The minimum atomic E-state index is -0.0397. The topological polar surface area (TPSA) is 44.4 Å². The van der Waals surface area contributed by atoms with Crippen LogP contribution in [-0.2, 0) is 4.79 Å². The average molecular weight is 353 g/mol. The summed E-state index contributed by atoms with van der Waals surface area (Å²) in [6.07, 6.45) is 1.59. The lowest BCUT2D eigenvalue weighted by Crippen LogP contribution is -2.31. The van der Waals surface area contributed by atoms with E-state index in [2.05, 4.69) is 15.5 Å². The van der Waals surface area contributed by atoms with Gasteiger partial charge in [-0.25, -0.2) is 0 Å². The Balaban J connectivity index is 0.00000220. The van der Waals surface area contributed by atoms with E-state index in [0.29, 0.717) is 28.2 Å². The second-order valence-corrected chi connectivity index (χ2v) is 5.84. The van der Waals surface area contributed by atoms with E-state index in [9.17, 15) is 4.79 Å². The molecule has 1 amide bonds. The second-order valence-electron chi connectivity index (χ2n) is 5.00. The average Bonchev–Trinajstić information content (AvgIpc) is 2.89. The van der Waals surface area contributed by atoms with Crippen LogP contribution >= 0.6 is 35.6 Å². The first-order valence-electron chi connectivity index (χ1n) is 6.73. The molecule has 21 heavy (non-hydrogen) atoms. The monoisotopic (exact) mass is 351 g/mol. The number of carbonyl (C=O) groups is 1. The van der Waals surface area contributed by atoms with E-state index in [1.165, 1.54) is 0 Å². The number of benzene rings is 1. The number of anilines is 1. The first kappa shape index (κ1) is 18.5. The summed E-state index contributed by atoms with van der Waals surface area (Å²) < 4.78 is 0. The molecule has 0 spiro atoms. The fourth-order valence-corrected chi connectivity index (χ4v) is 2.67. The quantitative estimate of drug-likeness (QED) is 0.856. The van der Waals surface area contributed by atoms with E-state index < -0.39 is 0 Å². The van der Waals surface area contributed by atoms with Crippen LogP contribution in [0.3, 0.4) is 0 Å². The summed E-state index contributed by atoms with van der Waals surface area (Å²) in [5.74, 6) is -0.0397. The molecule has 0 bridgehead atoms. The molecule has 1 heterocycles. The molecule has 118 valence electrons. The molecular formula is C14H20Cl3N3O. The first-order valence-corrected chi connectivity index (χ1v) is 7.48. The van der Waals surface area contributed by atoms with Crippen LogP contribution in [0.2, 0.25) is 10.0 Å². The van der Waals surface area contributed by atoms with E-state index in [0.717, 1.165) is 26.1 Å². The lowest BCUT2D eigenvalue weighted by atomic mass is 10.3. The molecule has 2 rings (SSSR count). The number of hydrogen-bond acceptors (Lipinski definition) is 3. The number of amides is 1. The molecule has 1 aromatic carbocycles. The molecule has 1 atom stereocenters. The zero-order chi connectivity index (χ0) is 14.5. The van der Waals surface area contributed by atoms with Crippen molar-refractivity contribution in [3.8, 4) is 0 Å². The van der Waals surface area contributed by atoms with Gasteiger partial charge < -0.3 is 15.5 Å². The summed E-state index contributed by atoms with van der Waals surface area (Å²) in [4.78, 5) is 14.2. The maximum absolute atomic E-state index is 11.9.